The van der Waals surface area contributed by atoms with Crippen LogP contribution in [0.1, 0.15) is 147 Å². The average molecular weight is 1060 g/mol. The van der Waals surface area contributed by atoms with E-state index in [1.165, 1.54) is 18.7 Å². The third kappa shape index (κ3) is 20.7. The minimum Gasteiger partial charge on any atom is -0.455 e. The van der Waals surface area contributed by atoms with Gasteiger partial charge in [-0.05, 0) is 42.4 Å². The predicted molar refractivity (Wildman–Crippen MR) is 293 cm³/mol. The highest BCUT2D eigenvalue weighted by molar-refractivity contribution is 7.99. The van der Waals surface area contributed by atoms with E-state index in [1.54, 1.807) is 27.1 Å². The Hall–Kier alpha value is -4.94. The van der Waals surface area contributed by atoms with E-state index >= 15 is 0 Å². The molecule has 0 spiro atoms. The summed E-state index contributed by atoms with van der Waals surface area (Å²) in [5.41, 5.74) is 0.863. The van der Waals surface area contributed by atoms with Crippen LogP contribution in [-0.2, 0) is 39.9 Å². The molecule has 0 unspecified atom stereocenters. The lowest BCUT2D eigenvalue weighted by atomic mass is 9.95. The van der Waals surface area contributed by atoms with Gasteiger partial charge in [-0.15, -0.1) is 23.1 Å². The van der Waals surface area contributed by atoms with Crippen LogP contribution in [0.4, 0.5) is 0 Å². The summed E-state index contributed by atoms with van der Waals surface area (Å²) in [6, 6.07) is 15.4. The second-order valence-corrected chi connectivity index (χ2v) is 23.5. The molecular weight excluding hydrogens is 983 g/mol. The monoisotopic (exact) mass is 1060 g/mol. The highest BCUT2D eigenvalue weighted by Crippen LogP contribution is 2.31. The van der Waals surface area contributed by atoms with E-state index in [4.69, 9.17) is 4.74 Å². The normalized spacial score (nSPS) is 15.3. The molecule has 3 aromatic rings. The van der Waals surface area contributed by atoms with Gasteiger partial charge in [0.1, 0.15) is 28.8 Å². The number of hydrogen-bond acceptors (Lipinski definition) is 12. The quantitative estimate of drug-likeness (QED) is 0.0228. The number of benzene rings is 2. The number of rotatable bonds is 29. The standard InChI is InChI=1S/C55H81N7O8S3/c1-10-12-13-20-25-42(50(66)57-43(33-40-21-16-14-17-22-40)54(69)62-30-28-61(29-31-62)48(64)26-27-55(7,8)71)56-51(67)44(35-72-41-23-18-15-19-24-41)58-52(68)45-36-73-53(59-45)47(70-39(6)63)34-46(37(3)4)60(9)49(65)32-38(5)11-2/h14-19,21-24,36-38,42-44,46-47,71H,10-13,20,25-35H2,1-9H3,(H,56,67)(H,57,66)(H,58,68)/t38-,42+,43-,44-,46+,47+/m0/s1. The number of hydrogen-bond donors (Lipinski definition) is 4. The summed E-state index contributed by atoms with van der Waals surface area (Å²) in [6.45, 7) is 16.8. The largest absolute Gasteiger partial charge is 0.455 e. The van der Waals surface area contributed by atoms with Crippen LogP contribution >= 0.6 is 35.7 Å². The molecule has 1 aromatic heterocycles. The van der Waals surface area contributed by atoms with E-state index in [9.17, 15) is 33.6 Å². The molecule has 3 N–H and O–H groups in total. The first-order valence-electron chi connectivity index (χ1n) is 26.0. The van der Waals surface area contributed by atoms with Crippen molar-refractivity contribution in [3.8, 4) is 0 Å². The topological polar surface area (TPSA) is 187 Å². The maximum Gasteiger partial charge on any atom is 0.303 e. The smallest absolute Gasteiger partial charge is 0.303 e. The van der Waals surface area contributed by atoms with Crippen molar-refractivity contribution < 1.29 is 38.3 Å². The van der Waals surface area contributed by atoms with E-state index < -0.39 is 47.9 Å². The SMILES string of the molecule is CCCCCC[C@@H](NC(=O)[C@H](CSc1ccccc1)NC(=O)c1csc([C@@H](C[C@H](C(C)C)N(C)C(=O)C[C@@H](C)CC)OC(C)=O)n1)C(=O)N[C@@H](Cc1ccccc1)C(=O)N1CCN(C(=O)CCC(C)(C)S)CC1. The first-order valence-corrected chi connectivity index (χ1v) is 28.3. The molecular formula is C55H81N7O8S3. The fourth-order valence-corrected chi connectivity index (χ4v) is 10.4. The number of carbonyl (C=O) groups excluding carboxylic acids is 7. The minimum atomic E-state index is -1.13. The van der Waals surface area contributed by atoms with Crippen molar-refractivity contribution in [2.45, 2.75) is 166 Å². The molecule has 0 saturated carbocycles. The van der Waals surface area contributed by atoms with E-state index in [1.807, 2.05) is 102 Å². The molecule has 1 saturated heterocycles. The van der Waals surface area contributed by atoms with Gasteiger partial charge in [-0.3, -0.25) is 33.6 Å². The zero-order valence-electron chi connectivity index (χ0n) is 44.5. The van der Waals surface area contributed by atoms with Crippen LogP contribution in [0, 0.1) is 11.8 Å². The molecule has 18 heteroatoms. The van der Waals surface area contributed by atoms with Gasteiger partial charge in [0, 0.05) is 92.7 Å². The molecule has 73 heavy (non-hydrogen) atoms. The van der Waals surface area contributed by atoms with Gasteiger partial charge < -0.3 is 35.4 Å². The van der Waals surface area contributed by atoms with Crippen LogP contribution in [0.2, 0.25) is 0 Å². The molecule has 0 radical (unpaired) electrons. The fraction of sp³-hybridized carbons (Fsp3) is 0.600. The molecule has 1 aliphatic heterocycles. The Morgan fingerprint density at radius 2 is 1.45 bits per heavy atom. The van der Waals surface area contributed by atoms with Crippen LogP contribution < -0.4 is 16.0 Å². The lowest BCUT2D eigenvalue weighted by Crippen LogP contribution is -2.59. The van der Waals surface area contributed by atoms with Crippen molar-refractivity contribution in [1.82, 2.24) is 35.6 Å². The molecule has 402 valence electrons. The Kier molecular flexibility index (Phi) is 25.3. The summed E-state index contributed by atoms with van der Waals surface area (Å²) >= 11 is 7.08. The second kappa shape index (κ2) is 30.4. The van der Waals surface area contributed by atoms with Crippen LogP contribution in [0.25, 0.3) is 0 Å². The summed E-state index contributed by atoms with van der Waals surface area (Å²) in [5.74, 6) is -2.19. The number of nitrogens with zero attached hydrogens (tertiary/aromatic N) is 4. The Morgan fingerprint density at radius 3 is 2.05 bits per heavy atom. The highest BCUT2D eigenvalue weighted by atomic mass is 32.2. The van der Waals surface area contributed by atoms with E-state index in [0.29, 0.717) is 63.3 Å². The average Bonchev–Trinajstić information content (AvgIpc) is 3.87. The van der Waals surface area contributed by atoms with E-state index in [-0.39, 0.29) is 64.6 Å². The number of amides is 6. The Labute approximate surface area is 447 Å². The van der Waals surface area contributed by atoms with Crippen LogP contribution in [-0.4, -0.2) is 129 Å². The van der Waals surface area contributed by atoms with Crippen molar-refractivity contribution in [2.75, 3.05) is 39.0 Å². The molecule has 2 heterocycles. The zero-order valence-corrected chi connectivity index (χ0v) is 47.1. The number of carbonyl (C=O) groups is 7. The van der Waals surface area contributed by atoms with Gasteiger partial charge in [-0.1, -0.05) is 129 Å². The third-order valence-corrected chi connectivity index (χ3v) is 15.5. The zero-order chi connectivity index (χ0) is 53.7. The summed E-state index contributed by atoms with van der Waals surface area (Å²) in [5, 5.41) is 10.8. The van der Waals surface area contributed by atoms with Gasteiger partial charge in [-0.2, -0.15) is 12.6 Å². The van der Waals surface area contributed by atoms with Crippen molar-refractivity contribution in [3.63, 3.8) is 0 Å². The number of thiol groups is 1. The van der Waals surface area contributed by atoms with Gasteiger partial charge in [0.05, 0.1) is 0 Å². The van der Waals surface area contributed by atoms with Gasteiger partial charge in [0.15, 0.2) is 6.10 Å². The molecule has 15 nitrogen and oxygen atoms in total. The molecule has 1 aliphatic rings. The molecule has 0 bridgehead atoms. The summed E-state index contributed by atoms with van der Waals surface area (Å²) < 4.78 is 5.52. The van der Waals surface area contributed by atoms with Crippen molar-refractivity contribution in [2.24, 2.45) is 11.8 Å². The maximum absolute atomic E-state index is 14.6. The number of thiazole rings is 1. The van der Waals surface area contributed by atoms with Crippen molar-refractivity contribution in [1.29, 1.82) is 0 Å². The lowest BCUT2D eigenvalue weighted by Gasteiger charge is -2.37. The third-order valence-electron chi connectivity index (χ3n) is 13.2. The first kappa shape index (κ1) is 60.6. The molecule has 0 aliphatic carbocycles. The number of ether oxygens (including phenoxy) is 1. The number of esters is 1. The van der Waals surface area contributed by atoms with Gasteiger partial charge in [0.25, 0.3) is 5.91 Å². The maximum atomic E-state index is 14.6. The highest BCUT2D eigenvalue weighted by Gasteiger charge is 2.35. The number of thioether (sulfide) groups is 1. The van der Waals surface area contributed by atoms with Gasteiger partial charge >= 0.3 is 5.97 Å². The second-order valence-electron chi connectivity index (χ2n) is 20.3. The van der Waals surface area contributed by atoms with Crippen LogP contribution in [0.3, 0.4) is 0 Å². The molecule has 6 amide bonds. The Balaban J connectivity index is 1.57. The minimum absolute atomic E-state index is 0.00278. The Morgan fingerprint density at radius 1 is 0.836 bits per heavy atom. The number of unbranched alkanes of at least 4 members (excludes halogenated alkanes) is 3. The van der Waals surface area contributed by atoms with Crippen LogP contribution in [0.5, 0.6) is 0 Å². The lowest BCUT2D eigenvalue weighted by molar-refractivity contribution is -0.148. The van der Waals surface area contributed by atoms with Gasteiger partial charge in [0.2, 0.25) is 29.5 Å². The summed E-state index contributed by atoms with van der Waals surface area (Å²) in [4.78, 5) is 107. The first-order chi connectivity index (χ1) is 34.7. The Bertz CT molecular complexity index is 2230. The number of piperazine rings is 1. The van der Waals surface area contributed by atoms with Crippen LogP contribution in [0.15, 0.2) is 70.9 Å². The van der Waals surface area contributed by atoms with E-state index in [2.05, 4.69) is 40.5 Å². The molecule has 4 rings (SSSR count). The number of aromatic nitrogens is 1. The van der Waals surface area contributed by atoms with E-state index in [0.717, 1.165) is 47.5 Å². The number of nitrogens with one attached hydrogen (secondary N) is 3. The summed E-state index contributed by atoms with van der Waals surface area (Å²) in [6.07, 6.45) is 5.53. The van der Waals surface area contributed by atoms with Gasteiger partial charge in [-0.25, -0.2) is 4.98 Å². The van der Waals surface area contributed by atoms with Crippen molar-refractivity contribution in [3.05, 3.63) is 82.3 Å². The van der Waals surface area contributed by atoms with Crippen molar-refractivity contribution >= 4 is 77.1 Å². The molecule has 2 aromatic carbocycles. The summed E-state index contributed by atoms with van der Waals surface area (Å²) in [7, 11) is 1.77. The fourth-order valence-electron chi connectivity index (χ4n) is 8.53. The molecule has 6 atom stereocenters. The predicted octanol–water partition coefficient (Wildman–Crippen LogP) is 8.29. The molecule has 1 fully saturated rings.